The number of anilines is 1. The van der Waals surface area contributed by atoms with Crippen molar-refractivity contribution in [2.75, 3.05) is 5.73 Å². The van der Waals surface area contributed by atoms with Crippen LogP contribution in [0, 0.1) is 0 Å². The molecule has 1 fully saturated rings. The summed E-state index contributed by atoms with van der Waals surface area (Å²) in [5.74, 6) is -0.521. The summed E-state index contributed by atoms with van der Waals surface area (Å²) in [5, 5.41) is 0. The lowest BCUT2D eigenvalue weighted by Crippen LogP contribution is -2.20. The fourth-order valence-electron chi connectivity index (χ4n) is 2.03. The molecule has 1 aliphatic heterocycles. The third-order valence-corrected chi connectivity index (χ3v) is 2.61. The van der Waals surface area contributed by atoms with Crippen molar-refractivity contribution in [3.8, 4) is 0 Å². The van der Waals surface area contributed by atoms with Gasteiger partial charge in [0.15, 0.2) is 5.79 Å². The van der Waals surface area contributed by atoms with E-state index in [1.54, 1.807) is 0 Å². The molecule has 2 rings (SSSR count). The van der Waals surface area contributed by atoms with Crippen molar-refractivity contribution in [2.24, 2.45) is 0 Å². The molecule has 0 aliphatic carbocycles. The molecule has 1 aliphatic rings. The van der Waals surface area contributed by atoms with Crippen LogP contribution in [-0.4, -0.2) is 11.9 Å². The number of hydrogen-bond donors (Lipinski definition) is 1. The summed E-state index contributed by atoms with van der Waals surface area (Å²) >= 11 is 0. The highest BCUT2D eigenvalue weighted by atomic mass is 16.7. The van der Waals surface area contributed by atoms with Crippen LogP contribution >= 0.6 is 0 Å². The second kappa shape index (κ2) is 3.51. The minimum absolute atomic E-state index is 0.0321. The van der Waals surface area contributed by atoms with E-state index in [4.69, 9.17) is 15.2 Å². The molecule has 3 heteroatoms. The fourth-order valence-corrected chi connectivity index (χ4v) is 2.03. The van der Waals surface area contributed by atoms with Crippen LogP contribution in [-0.2, 0) is 9.47 Å². The Morgan fingerprint density at radius 2 is 1.87 bits per heavy atom. The first-order valence-electron chi connectivity index (χ1n) is 5.20. The van der Waals surface area contributed by atoms with Gasteiger partial charge in [-0.05, 0) is 26.8 Å². The largest absolute Gasteiger partial charge is 0.398 e. The minimum atomic E-state index is -0.521. The molecule has 2 atom stereocenters. The summed E-state index contributed by atoms with van der Waals surface area (Å²) in [7, 11) is 0. The van der Waals surface area contributed by atoms with Crippen molar-refractivity contribution >= 4 is 5.69 Å². The van der Waals surface area contributed by atoms with Crippen molar-refractivity contribution < 1.29 is 9.47 Å². The maximum Gasteiger partial charge on any atom is 0.164 e. The lowest BCUT2D eigenvalue weighted by Gasteiger charge is -2.17. The normalized spacial score (nSPS) is 29.3. The molecular weight excluding hydrogens is 190 g/mol. The van der Waals surface area contributed by atoms with E-state index in [1.165, 1.54) is 0 Å². The number of ether oxygens (including phenoxy) is 2. The zero-order chi connectivity index (χ0) is 11.1. The Bertz CT molecular complexity index is 362. The van der Waals surface area contributed by atoms with Crippen molar-refractivity contribution in [1.82, 2.24) is 0 Å². The predicted octanol–water partition coefficient (Wildman–Crippen LogP) is 2.48. The molecule has 0 saturated carbocycles. The van der Waals surface area contributed by atoms with Crippen molar-refractivity contribution in [1.29, 1.82) is 0 Å². The van der Waals surface area contributed by atoms with Gasteiger partial charge >= 0.3 is 0 Å². The van der Waals surface area contributed by atoms with Gasteiger partial charge in [0.2, 0.25) is 0 Å². The molecule has 1 aromatic carbocycles. The maximum atomic E-state index is 5.92. The Morgan fingerprint density at radius 1 is 1.20 bits per heavy atom. The SMILES string of the molecule is C[C@@H]1OC(C)(C)O[C@H]1c1ccccc1N. The van der Waals surface area contributed by atoms with Crippen LogP contribution in [0.2, 0.25) is 0 Å². The van der Waals surface area contributed by atoms with Crippen LogP contribution < -0.4 is 5.73 Å². The van der Waals surface area contributed by atoms with Gasteiger partial charge in [-0.3, -0.25) is 0 Å². The van der Waals surface area contributed by atoms with E-state index < -0.39 is 5.79 Å². The van der Waals surface area contributed by atoms with Crippen LogP contribution in [0.3, 0.4) is 0 Å². The van der Waals surface area contributed by atoms with Gasteiger partial charge in [0.25, 0.3) is 0 Å². The first kappa shape index (κ1) is 10.5. The van der Waals surface area contributed by atoms with E-state index in [9.17, 15) is 0 Å². The lowest BCUT2D eigenvalue weighted by molar-refractivity contribution is -0.145. The second-order valence-electron chi connectivity index (χ2n) is 4.39. The molecule has 0 aromatic heterocycles. The summed E-state index contributed by atoms with van der Waals surface area (Å²) in [6, 6.07) is 7.76. The molecule has 0 spiro atoms. The van der Waals surface area contributed by atoms with Gasteiger partial charge in [0, 0.05) is 11.3 Å². The standard InChI is InChI=1S/C12H17NO2/c1-8-11(15-12(2,3)14-8)9-6-4-5-7-10(9)13/h4-8,11H,13H2,1-3H3/t8-,11+/m0/s1. The Kier molecular flexibility index (Phi) is 2.44. The van der Waals surface area contributed by atoms with E-state index in [0.29, 0.717) is 0 Å². The van der Waals surface area contributed by atoms with E-state index in [2.05, 4.69) is 0 Å². The van der Waals surface area contributed by atoms with Crippen LogP contribution in [0.15, 0.2) is 24.3 Å². The highest BCUT2D eigenvalue weighted by Crippen LogP contribution is 2.39. The second-order valence-corrected chi connectivity index (χ2v) is 4.39. The number of para-hydroxylation sites is 1. The summed E-state index contributed by atoms with van der Waals surface area (Å²) in [6.07, 6.45) is -0.0362. The van der Waals surface area contributed by atoms with Gasteiger partial charge < -0.3 is 15.2 Å². The number of nitrogens with two attached hydrogens (primary N) is 1. The van der Waals surface area contributed by atoms with E-state index in [-0.39, 0.29) is 12.2 Å². The van der Waals surface area contributed by atoms with Crippen LogP contribution in [0.25, 0.3) is 0 Å². The summed E-state index contributed by atoms with van der Waals surface area (Å²) in [4.78, 5) is 0. The monoisotopic (exact) mass is 207 g/mol. The summed E-state index contributed by atoms with van der Waals surface area (Å²) in [5.41, 5.74) is 7.69. The molecule has 0 unspecified atom stereocenters. The molecule has 0 bridgehead atoms. The van der Waals surface area contributed by atoms with E-state index in [1.807, 2.05) is 45.0 Å². The molecule has 1 aromatic rings. The summed E-state index contributed by atoms with van der Waals surface area (Å²) < 4.78 is 11.5. The molecule has 0 amide bonds. The molecule has 82 valence electrons. The highest BCUT2D eigenvalue weighted by Gasteiger charge is 2.40. The average Bonchev–Trinajstić information content (AvgIpc) is 2.40. The number of benzene rings is 1. The molecule has 1 saturated heterocycles. The molecule has 0 radical (unpaired) electrons. The van der Waals surface area contributed by atoms with Crippen molar-refractivity contribution in [2.45, 2.75) is 38.8 Å². The number of rotatable bonds is 1. The van der Waals surface area contributed by atoms with Crippen molar-refractivity contribution in [3.63, 3.8) is 0 Å². The van der Waals surface area contributed by atoms with E-state index >= 15 is 0 Å². The lowest BCUT2D eigenvalue weighted by atomic mass is 10.0. The Balaban J connectivity index is 2.29. The number of hydrogen-bond acceptors (Lipinski definition) is 3. The van der Waals surface area contributed by atoms with Gasteiger partial charge in [0.1, 0.15) is 6.10 Å². The molecule has 3 nitrogen and oxygen atoms in total. The topological polar surface area (TPSA) is 44.5 Å². The summed E-state index contributed by atoms with van der Waals surface area (Å²) in [6.45, 7) is 5.84. The molecule has 2 N–H and O–H groups in total. The van der Waals surface area contributed by atoms with Crippen molar-refractivity contribution in [3.05, 3.63) is 29.8 Å². The Morgan fingerprint density at radius 3 is 2.40 bits per heavy atom. The van der Waals surface area contributed by atoms with Gasteiger partial charge in [-0.2, -0.15) is 0 Å². The van der Waals surface area contributed by atoms with Crippen LogP contribution in [0.1, 0.15) is 32.4 Å². The minimum Gasteiger partial charge on any atom is -0.398 e. The quantitative estimate of drug-likeness (QED) is 0.719. The van der Waals surface area contributed by atoms with Gasteiger partial charge in [-0.1, -0.05) is 18.2 Å². The molecule has 1 heterocycles. The number of nitrogen functional groups attached to an aromatic ring is 1. The van der Waals surface area contributed by atoms with Gasteiger partial charge in [0.05, 0.1) is 6.10 Å². The maximum absolute atomic E-state index is 5.92. The first-order valence-corrected chi connectivity index (χ1v) is 5.20. The smallest absolute Gasteiger partial charge is 0.164 e. The highest BCUT2D eigenvalue weighted by molar-refractivity contribution is 5.48. The zero-order valence-corrected chi connectivity index (χ0v) is 9.36. The molecule has 15 heavy (non-hydrogen) atoms. The van der Waals surface area contributed by atoms with Crippen LogP contribution in [0.5, 0.6) is 0 Å². The third-order valence-electron chi connectivity index (χ3n) is 2.61. The van der Waals surface area contributed by atoms with Gasteiger partial charge in [-0.25, -0.2) is 0 Å². The molecular formula is C12H17NO2. The predicted molar refractivity (Wildman–Crippen MR) is 59.3 cm³/mol. The first-order chi connectivity index (χ1) is 6.99. The Labute approximate surface area is 90.2 Å². The Hall–Kier alpha value is -1.06. The van der Waals surface area contributed by atoms with Crippen LogP contribution in [0.4, 0.5) is 5.69 Å². The fraction of sp³-hybridized carbons (Fsp3) is 0.500. The van der Waals surface area contributed by atoms with E-state index in [0.717, 1.165) is 11.3 Å². The zero-order valence-electron chi connectivity index (χ0n) is 9.36. The third kappa shape index (κ3) is 1.98. The average molecular weight is 207 g/mol. The van der Waals surface area contributed by atoms with Gasteiger partial charge in [-0.15, -0.1) is 0 Å².